The summed E-state index contributed by atoms with van der Waals surface area (Å²) in [5, 5.41) is 7.72. The molecule has 33 heavy (non-hydrogen) atoms. The Morgan fingerprint density at radius 2 is 1.79 bits per heavy atom. The van der Waals surface area contributed by atoms with Crippen molar-refractivity contribution in [2.24, 2.45) is 0 Å². The van der Waals surface area contributed by atoms with Crippen LogP contribution in [0.2, 0.25) is 0 Å². The van der Waals surface area contributed by atoms with Crippen molar-refractivity contribution in [2.75, 3.05) is 29.9 Å². The molecule has 0 atom stereocenters. The van der Waals surface area contributed by atoms with E-state index in [1.807, 2.05) is 63.8 Å². The lowest BCUT2D eigenvalue weighted by atomic mass is 10.1. The fourth-order valence-electron chi connectivity index (χ4n) is 4.62. The van der Waals surface area contributed by atoms with Gasteiger partial charge in [-0.3, -0.25) is 9.59 Å². The van der Waals surface area contributed by atoms with Crippen LogP contribution in [0.1, 0.15) is 39.3 Å². The molecule has 7 heteroatoms. The van der Waals surface area contributed by atoms with E-state index in [0.29, 0.717) is 17.8 Å². The first-order valence-electron chi connectivity index (χ1n) is 11.5. The summed E-state index contributed by atoms with van der Waals surface area (Å²) in [5.41, 5.74) is 6.53. The lowest BCUT2D eigenvalue weighted by Gasteiger charge is -2.26. The zero-order chi connectivity index (χ0) is 22.8. The maximum absolute atomic E-state index is 13.1. The summed E-state index contributed by atoms with van der Waals surface area (Å²) in [7, 11) is 0. The fourth-order valence-corrected chi connectivity index (χ4v) is 5.52. The van der Waals surface area contributed by atoms with Crippen molar-refractivity contribution in [3.63, 3.8) is 0 Å². The van der Waals surface area contributed by atoms with Gasteiger partial charge in [-0.25, -0.2) is 4.68 Å². The third-order valence-corrected chi connectivity index (χ3v) is 7.36. The van der Waals surface area contributed by atoms with Gasteiger partial charge < -0.3 is 10.2 Å². The van der Waals surface area contributed by atoms with Gasteiger partial charge in [0.1, 0.15) is 0 Å². The zero-order valence-corrected chi connectivity index (χ0v) is 19.7. The van der Waals surface area contributed by atoms with E-state index in [9.17, 15) is 9.59 Å². The number of carbonyl (C=O) groups excluding carboxylic acids is 2. The summed E-state index contributed by atoms with van der Waals surface area (Å²) < 4.78 is 1.94. The predicted molar refractivity (Wildman–Crippen MR) is 132 cm³/mol. The van der Waals surface area contributed by atoms with Crippen molar-refractivity contribution < 1.29 is 9.59 Å². The largest absolute Gasteiger partial charge is 0.341 e. The predicted octanol–water partition coefficient (Wildman–Crippen LogP) is 4.04. The molecular weight excluding hydrogens is 432 g/mol. The molecule has 1 aliphatic carbocycles. The molecule has 0 bridgehead atoms. The van der Waals surface area contributed by atoms with Crippen molar-refractivity contribution >= 4 is 29.3 Å². The molecule has 0 radical (unpaired) electrons. The molecule has 1 N–H and O–H groups in total. The van der Waals surface area contributed by atoms with Crippen LogP contribution in [0, 0.1) is 6.92 Å². The van der Waals surface area contributed by atoms with Gasteiger partial charge in [0.15, 0.2) is 5.69 Å². The first kappa shape index (κ1) is 21.8. The van der Waals surface area contributed by atoms with Crippen LogP contribution in [-0.4, -0.2) is 51.1 Å². The number of rotatable bonds is 5. The topological polar surface area (TPSA) is 67.2 Å². The summed E-state index contributed by atoms with van der Waals surface area (Å²) in [6.45, 7) is 3.73. The van der Waals surface area contributed by atoms with E-state index < -0.39 is 0 Å². The van der Waals surface area contributed by atoms with Gasteiger partial charge in [-0.05, 0) is 55.5 Å². The van der Waals surface area contributed by atoms with Gasteiger partial charge in [0, 0.05) is 41.5 Å². The van der Waals surface area contributed by atoms with Gasteiger partial charge in [0.2, 0.25) is 5.91 Å². The smallest absolute Gasteiger partial charge is 0.276 e. The van der Waals surface area contributed by atoms with E-state index in [0.717, 1.165) is 71.9 Å². The molecule has 0 spiro atoms. The van der Waals surface area contributed by atoms with Gasteiger partial charge in [-0.1, -0.05) is 30.3 Å². The van der Waals surface area contributed by atoms with E-state index in [1.165, 1.54) is 0 Å². The molecule has 1 aliphatic heterocycles. The van der Waals surface area contributed by atoms with E-state index in [4.69, 9.17) is 5.10 Å². The number of para-hydroxylation sites is 1. The van der Waals surface area contributed by atoms with E-state index in [1.54, 1.807) is 0 Å². The second kappa shape index (κ2) is 9.43. The van der Waals surface area contributed by atoms with Crippen molar-refractivity contribution in [3.05, 3.63) is 76.6 Å². The van der Waals surface area contributed by atoms with Crippen LogP contribution in [0.3, 0.4) is 0 Å². The van der Waals surface area contributed by atoms with Gasteiger partial charge >= 0.3 is 0 Å². The number of amides is 2. The van der Waals surface area contributed by atoms with Crippen LogP contribution < -0.4 is 5.32 Å². The average Bonchev–Trinajstić information content (AvgIpc) is 3.44. The standard InChI is InChI=1S/C26H28N4O2S/c1-18-5-2-3-7-22(18)30-23-8-4-6-21(23)25(28-30)26(32)27-20-11-9-19(10-12-20)17-24(31)29-13-15-33-16-14-29/h2-3,5,7,9-12H,4,6,8,13-17H2,1H3,(H,27,32). The SMILES string of the molecule is Cc1ccccc1-n1nc(C(=O)Nc2ccc(CC(=O)N3CCSCC3)cc2)c2c1CCC2. The Morgan fingerprint density at radius 3 is 2.55 bits per heavy atom. The number of thioether (sulfide) groups is 1. The van der Waals surface area contributed by atoms with Crippen LogP contribution in [0.25, 0.3) is 5.69 Å². The molecule has 2 amide bonds. The minimum atomic E-state index is -0.185. The normalized spacial score (nSPS) is 15.4. The molecule has 0 saturated carbocycles. The lowest BCUT2D eigenvalue weighted by Crippen LogP contribution is -2.38. The molecule has 2 aliphatic rings. The number of carbonyl (C=O) groups is 2. The van der Waals surface area contributed by atoms with E-state index in [-0.39, 0.29) is 11.8 Å². The third kappa shape index (κ3) is 4.55. The summed E-state index contributed by atoms with van der Waals surface area (Å²) >= 11 is 1.90. The minimum Gasteiger partial charge on any atom is -0.341 e. The second-order valence-corrected chi connectivity index (χ2v) is 9.87. The Bertz CT molecular complexity index is 1180. The maximum atomic E-state index is 13.1. The number of benzene rings is 2. The van der Waals surface area contributed by atoms with Crippen molar-refractivity contribution in [1.29, 1.82) is 0 Å². The Balaban J connectivity index is 1.30. The van der Waals surface area contributed by atoms with Gasteiger partial charge in [-0.2, -0.15) is 16.9 Å². The highest BCUT2D eigenvalue weighted by Gasteiger charge is 2.27. The van der Waals surface area contributed by atoms with Gasteiger partial charge in [0.25, 0.3) is 5.91 Å². The summed E-state index contributed by atoms with van der Waals surface area (Å²) in [6, 6.07) is 15.7. The monoisotopic (exact) mass is 460 g/mol. The van der Waals surface area contributed by atoms with Crippen molar-refractivity contribution in [1.82, 2.24) is 14.7 Å². The Labute approximate surface area is 198 Å². The summed E-state index contributed by atoms with van der Waals surface area (Å²) in [5.74, 6) is 2.01. The molecule has 0 unspecified atom stereocenters. The number of hydrogen-bond donors (Lipinski definition) is 1. The highest BCUT2D eigenvalue weighted by Crippen LogP contribution is 2.29. The molecule has 1 saturated heterocycles. The van der Waals surface area contributed by atoms with Crippen LogP contribution in [0.15, 0.2) is 48.5 Å². The summed E-state index contributed by atoms with van der Waals surface area (Å²) in [4.78, 5) is 27.6. The molecule has 1 aromatic heterocycles. The molecule has 6 nitrogen and oxygen atoms in total. The summed E-state index contributed by atoms with van der Waals surface area (Å²) in [6.07, 6.45) is 3.24. The Hall–Kier alpha value is -3.06. The number of nitrogens with zero attached hydrogens (tertiary/aromatic N) is 3. The average molecular weight is 461 g/mol. The maximum Gasteiger partial charge on any atom is 0.276 e. The lowest BCUT2D eigenvalue weighted by molar-refractivity contribution is -0.130. The number of nitrogens with one attached hydrogen (secondary N) is 1. The second-order valence-electron chi connectivity index (χ2n) is 8.65. The van der Waals surface area contributed by atoms with Gasteiger partial charge in [-0.15, -0.1) is 0 Å². The highest BCUT2D eigenvalue weighted by molar-refractivity contribution is 7.99. The van der Waals surface area contributed by atoms with Crippen LogP contribution >= 0.6 is 11.8 Å². The van der Waals surface area contributed by atoms with E-state index in [2.05, 4.69) is 18.3 Å². The number of fused-ring (bicyclic) bond motifs is 1. The van der Waals surface area contributed by atoms with Crippen LogP contribution in [0.5, 0.6) is 0 Å². The molecular formula is C26H28N4O2S. The molecule has 1 fully saturated rings. The Morgan fingerprint density at radius 1 is 1.03 bits per heavy atom. The molecule has 3 aromatic rings. The van der Waals surface area contributed by atoms with Crippen molar-refractivity contribution in [3.8, 4) is 5.69 Å². The Kier molecular flexibility index (Phi) is 6.22. The van der Waals surface area contributed by atoms with Gasteiger partial charge in [0.05, 0.1) is 12.1 Å². The fraction of sp³-hybridized carbons (Fsp3) is 0.346. The zero-order valence-electron chi connectivity index (χ0n) is 18.8. The highest BCUT2D eigenvalue weighted by atomic mass is 32.2. The minimum absolute atomic E-state index is 0.171. The number of anilines is 1. The number of aryl methyl sites for hydroxylation is 1. The molecule has 2 aromatic carbocycles. The third-order valence-electron chi connectivity index (χ3n) is 6.42. The first-order chi connectivity index (χ1) is 16.1. The van der Waals surface area contributed by atoms with Crippen LogP contribution in [0.4, 0.5) is 5.69 Å². The number of hydrogen-bond acceptors (Lipinski definition) is 4. The van der Waals surface area contributed by atoms with Crippen molar-refractivity contribution in [2.45, 2.75) is 32.6 Å². The van der Waals surface area contributed by atoms with Crippen LogP contribution in [-0.2, 0) is 24.1 Å². The molecule has 170 valence electrons. The first-order valence-corrected chi connectivity index (χ1v) is 12.7. The molecule has 2 heterocycles. The molecule has 5 rings (SSSR count). The number of aromatic nitrogens is 2. The van der Waals surface area contributed by atoms with E-state index >= 15 is 0 Å². The quantitative estimate of drug-likeness (QED) is 0.624.